The number of rotatable bonds is 2. The zero-order valence-electron chi connectivity index (χ0n) is 9.40. The molecule has 1 fully saturated rings. The lowest BCUT2D eigenvalue weighted by molar-refractivity contribution is 0.0369. The van der Waals surface area contributed by atoms with Crippen LogP contribution in [-0.4, -0.2) is 16.7 Å². The molecule has 0 aliphatic carbocycles. The van der Waals surface area contributed by atoms with Gasteiger partial charge in [0.05, 0.1) is 6.10 Å². The third kappa shape index (κ3) is 2.54. The molecule has 0 unspecified atom stereocenters. The third-order valence-electron chi connectivity index (χ3n) is 2.91. The first-order valence-electron chi connectivity index (χ1n) is 5.20. The van der Waals surface area contributed by atoms with Crippen LogP contribution in [0.3, 0.4) is 0 Å². The molecule has 0 spiro atoms. The van der Waals surface area contributed by atoms with Gasteiger partial charge in [0.2, 0.25) is 0 Å². The van der Waals surface area contributed by atoms with Crippen molar-refractivity contribution in [2.24, 2.45) is 0 Å². The molecule has 90 valence electrons. The quantitative estimate of drug-likeness (QED) is 0.839. The van der Waals surface area contributed by atoms with E-state index < -0.39 is 6.10 Å². The molecule has 0 bridgehead atoms. The summed E-state index contributed by atoms with van der Waals surface area (Å²) < 4.78 is 13.4. The Kier molecular flexibility index (Phi) is 3.94. The van der Waals surface area contributed by atoms with Gasteiger partial charge in [-0.05, 0) is 26.3 Å². The van der Waals surface area contributed by atoms with Gasteiger partial charge in [0.15, 0.2) is 0 Å². The largest absolute Gasteiger partial charge is 0.387 e. The van der Waals surface area contributed by atoms with E-state index in [0.29, 0.717) is 5.56 Å². The van der Waals surface area contributed by atoms with Crippen LogP contribution in [0.1, 0.15) is 31.9 Å². The number of halogens is 2. The normalized spacial score (nSPS) is 24.1. The molecular formula is C12H17ClFNO. The highest BCUT2D eigenvalue weighted by Crippen LogP contribution is 2.32. The van der Waals surface area contributed by atoms with E-state index in [2.05, 4.69) is 19.2 Å². The van der Waals surface area contributed by atoms with Crippen LogP contribution >= 0.6 is 12.4 Å². The first kappa shape index (κ1) is 13.4. The molecule has 1 saturated heterocycles. The second kappa shape index (κ2) is 4.70. The Labute approximate surface area is 101 Å². The summed E-state index contributed by atoms with van der Waals surface area (Å²) in [5.41, 5.74) is 0.446. The van der Waals surface area contributed by atoms with E-state index >= 15 is 0 Å². The molecule has 2 nitrogen and oxygen atoms in total. The highest BCUT2D eigenvalue weighted by atomic mass is 35.5. The van der Waals surface area contributed by atoms with Crippen molar-refractivity contribution in [2.45, 2.75) is 38.0 Å². The van der Waals surface area contributed by atoms with E-state index in [0.717, 1.165) is 6.42 Å². The third-order valence-corrected chi connectivity index (χ3v) is 2.91. The van der Waals surface area contributed by atoms with E-state index in [1.54, 1.807) is 18.2 Å². The number of benzene rings is 1. The number of nitrogens with one attached hydrogen (secondary N) is 1. The summed E-state index contributed by atoms with van der Waals surface area (Å²) in [7, 11) is 0. The van der Waals surface area contributed by atoms with Gasteiger partial charge in [-0.1, -0.05) is 18.2 Å². The predicted molar refractivity (Wildman–Crippen MR) is 64.2 cm³/mol. The first-order chi connectivity index (χ1) is 6.99. The Morgan fingerprint density at radius 1 is 1.44 bits per heavy atom. The molecular weight excluding hydrogens is 229 g/mol. The molecule has 16 heavy (non-hydrogen) atoms. The molecule has 2 atom stereocenters. The Morgan fingerprint density at radius 3 is 2.50 bits per heavy atom. The maximum Gasteiger partial charge on any atom is 0.129 e. The van der Waals surface area contributed by atoms with Crippen molar-refractivity contribution >= 4 is 12.4 Å². The highest BCUT2D eigenvalue weighted by molar-refractivity contribution is 5.85. The molecule has 2 rings (SSSR count). The number of aliphatic hydroxyl groups is 1. The summed E-state index contributed by atoms with van der Waals surface area (Å²) >= 11 is 0. The van der Waals surface area contributed by atoms with Gasteiger partial charge in [-0.2, -0.15) is 0 Å². The summed E-state index contributed by atoms with van der Waals surface area (Å²) in [6.07, 6.45) is 0.113. The van der Waals surface area contributed by atoms with Crippen molar-refractivity contribution in [2.75, 3.05) is 0 Å². The van der Waals surface area contributed by atoms with E-state index in [-0.39, 0.29) is 29.8 Å². The van der Waals surface area contributed by atoms with Crippen LogP contribution in [0.15, 0.2) is 24.3 Å². The number of hydrogen-bond donors (Lipinski definition) is 2. The molecule has 1 heterocycles. The predicted octanol–water partition coefficient (Wildman–Crippen LogP) is 2.42. The second-order valence-electron chi connectivity index (χ2n) is 4.81. The van der Waals surface area contributed by atoms with Crippen LogP contribution < -0.4 is 5.32 Å². The minimum absolute atomic E-state index is 0. The van der Waals surface area contributed by atoms with Gasteiger partial charge in [-0.25, -0.2) is 4.39 Å². The Morgan fingerprint density at radius 2 is 2.00 bits per heavy atom. The summed E-state index contributed by atoms with van der Waals surface area (Å²) in [5, 5.41) is 13.2. The van der Waals surface area contributed by atoms with Crippen molar-refractivity contribution in [3.05, 3.63) is 35.6 Å². The van der Waals surface area contributed by atoms with Crippen molar-refractivity contribution in [1.29, 1.82) is 0 Å². The van der Waals surface area contributed by atoms with Crippen LogP contribution in [0, 0.1) is 5.82 Å². The standard InChI is InChI=1S/C12H16FNO.ClH/c1-12(2)7-10(14-12)11(15)8-5-3-4-6-9(8)13;/h3-6,10-11,14-15H,7H2,1-2H3;1H/t10-,11+;/m0./s1. The van der Waals surface area contributed by atoms with Crippen molar-refractivity contribution in [1.82, 2.24) is 5.32 Å². The summed E-state index contributed by atoms with van der Waals surface area (Å²) in [6.45, 7) is 4.13. The molecule has 1 aliphatic rings. The van der Waals surface area contributed by atoms with E-state index in [1.165, 1.54) is 6.07 Å². The average molecular weight is 246 g/mol. The van der Waals surface area contributed by atoms with Gasteiger partial charge < -0.3 is 10.4 Å². The molecule has 2 N–H and O–H groups in total. The van der Waals surface area contributed by atoms with E-state index in [1.807, 2.05) is 0 Å². The first-order valence-corrected chi connectivity index (χ1v) is 5.20. The zero-order chi connectivity index (χ0) is 11.1. The van der Waals surface area contributed by atoms with Gasteiger partial charge >= 0.3 is 0 Å². The maximum absolute atomic E-state index is 13.4. The fourth-order valence-corrected chi connectivity index (χ4v) is 2.15. The minimum atomic E-state index is -0.751. The molecule has 0 saturated carbocycles. The molecule has 4 heteroatoms. The number of aliphatic hydroxyl groups excluding tert-OH is 1. The fraction of sp³-hybridized carbons (Fsp3) is 0.500. The van der Waals surface area contributed by atoms with Crippen LogP contribution in [0.25, 0.3) is 0 Å². The average Bonchev–Trinajstić information content (AvgIpc) is 2.14. The molecule has 1 aromatic carbocycles. The van der Waals surface area contributed by atoms with Crippen molar-refractivity contribution in [3.8, 4) is 0 Å². The summed E-state index contributed by atoms with van der Waals surface area (Å²) in [4.78, 5) is 0. The van der Waals surface area contributed by atoms with Crippen LogP contribution in [0.4, 0.5) is 4.39 Å². The Balaban J connectivity index is 0.00000128. The minimum Gasteiger partial charge on any atom is -0.387 e. The SMILES string of the molecule is CC1(C)C[C@@H]([C@H](O)c2ccccc2F)N1.Cl. The number of hydrogen-bond acceptors (Lipinski definition) is 2. The van der Waals surface area contributed by atoms with Gasteiger partial charge in [-0.15, -0.1) is 12.4 Å². The van der Waals surface area contributed by atoms with E-state index in [9.17, 15) is 9.50 Å². The lowest BCUT2D eigenvalue weighted by atomic mass is 9.80. The van der Waals surface area contributed by atoms with Gasteiger partial charge in [0.1, 0.15) is 5.82 Å². The molecule has 1 aromatic rings. The van der Waals surface area contributed by atoms with Gasteiger partial charge in [0, 0.05) is 17.1 Å². The fourth-order valence-electron chi connectivity index (χ4n) is 2.15. The zero-order valence-corrected chi connectivity index (χ0v) is 10.2. The molecule has 1 aliphatic heterocycles. The van der Waals surface area contributed by atoms with Crippen molar-refractivity contribution in [3.63, 3.8) is 0 Å². The van der Waals surface area contributed by atoms with Crippen LogP contribution in [0.2, 0.25) is 0 Å². The Bertz CT molecular complexity index is 362. The smallest absolute Gasteiger partial charge is 0.129 e. The van der Waals surface area contributed by atoms with Crippen molar-refractivity contribution < 1.29 is 9.50 Å². The monoisotopic (exact) mass is 245 g/mol. The summed E-state index contributed by atoms with van der Waals surface area (Å²) in [5.74, 6) is -0.337. The topological polar surface area (TPSA) is 32.3 Å². The molecule has 0 radical (unpaired) electrons. The van der Waals surface area contributed by atoms with Gasteiger partial charge in [0.25, 0.3) is 0 Å². The molecule has 0 amide bonds. The maximum atomic E-state index is 13.4. The van der Waals surface area contributed by atoms with Crippen LogP contribution in [-0.2, 0) is 0 Å². The Hall–Kier alpha value is -0.640. The lowest BCUT2D eigenvalue weighted by Gasteiger charge is -2.46. The van der Waals surface area contributed by atoms with Gasteiger partial charge in [-0.3, -0.25) is 0 Å². The summed E-state index contributed by atoms with van der Waals surface area (Å²) in [6, 6.07) is 6.35. The van der Waals surface area contributed by atoms with E-state index in [4.69, 9.17) is 0 Å². The lowest BCUT2D eigenvalue weighted by Crippen LogP contribution is -2.62. The second-order valence-corrected chi connectivity index (χ2v) is 4.81. The molecule has 0 aromatic heterocycles. The van der Waals surface area contributed by atoms with Crippen LogP contribution in [0.5, 0.6) is 0 Å². The highest BCUT2D eigenvalue weighted by Gasteiger charge is 2.40.